The Hall–Kier alpha value is -2.49. The van der Waals surface area contributed by atoms with E-state index in [2.05, 4.69) is 10.6 Å². The van der Waals surface area contributed by atoms with E-state index in [0.717, 1.165) is 40.2 Å². The summed E-state index contributed by atoms with van der Waals surface area (Å²) in [6.45, 7) is 2.08. The number of fused-ring (bicyclic) bond motifs is 3. The van der Waals surface area contributed by atoms with Gasteiger partial charge in [-0.15, -0.1) is 0 Å². The van der Waals surface area contributed by atoms with Gasteiger partial charge in [0, 0.05) is 18.0 Å². The second-order valence-corrected chi connectivity index (χ2v) is 6.15. The van der Waals surface area contributed by atoms with Crippen LogP contribution in [-0.2, 0) is 11.8 Å². The zero-order valence-corrected chi connectivity index (χ0v) is 13.3. The third-order valence-corrected chi connectivity index (χ3v) is 4.70. The van der Waals surface area contributed by atoms with Crippen LogP contribution in [0.2, 0.25) is 0 Å². The lowest BCUT2D eigenvalue weighted by Gasteiger charge is -2.12. The molecule has 1 saturated carbocycles. The van der Waals surface area contributed by atoms with Crippen LogP contribution in [0.3, 0.4) is 0 Å². The molecule has 1 aromatic heterocycles. The molecule has 0 unspecified atom stereocenters. The van der Waals surface area contributed by atoms with E-state index in [1.165, 1.54) is 0 Å². The summed E-state index contributed by atoms with van der Waals surface area (Å²) in [5.41, 5.74) is 3.26. The van der Waals surface area contributed by atoms with E-state index < -0.39 is 5.97 Å². The lowest BCUT2D eigenvalue weighted by molar-refractivity contribution is 0.0522. The van der Waals surface area contributed by atoms with Crippen LogP contribution in [0.1, 0.15) is 41.6 Å². The quantitative estimate of drug-likeness (QED) is 0.741. The molecule has 1 aliphatic carbocycles. The van der Waals surface area contributed by atoms with Crippen molar-refractivity contribution in [2.75, 3.05) is 6.61 Å². The molecule has 118 valence electrons. The Labute approximate surface area is 134 Å². The van der Waals surface area contributed by atoms with E-state index in [-0.39, 0.29) is 5.75 Å². The smallest absolute Gasteiger partial charge is 0.342 e. The molecule has 4 nitrogen and oxygen atoms in total. The molecule has 0 saturated heterocycles. The zero-order chi connectivity index (χ0) is 16.1. The Morgan fingerprint density at radius 1 is 1.30 bits per heavy atom. The SMILES string of the molecule is CCOC(=O)c1c(C2CC2)cc2c(c1O)c1ccccc1n2C. The monoisotopic (exact) mass is 309 g/mol. The predicted molar refractivity (Wildman–Crippen MR) is 90.0 cm³/mol. The lowest BCUT2D eigenvalue weighted by atomic mass is 9.98. The average Bonchev–Trinajstić information content (AvgIpc) is 3.34. The van der Waals surface area contributed by atoms with Crippen LogP contribution in [0, 0.1) is 0 Å². The van der Waals surface area contributed by atoms with Gasteiger partial charge in [0.1, 0.15) is 11.3 Å². The molecule has 1 heterocycles. The number of phenolic OH excluding ortho intramolecular Hbond substituents is 1. The minimum absolute atomic E-state index is 0.0552. The minimum Gasteiger partial charge on any atom is -0.506 e. The third kappa shape index (κ3) is 2.01. The molecular formula is C19H19NO3. The summed E-state index contributed by atoms with van der Waals surface area (Å²) < 4.78 is 7.26. The fourth-order valence-corrected chi connectivity index (χ4v) is 3.45. The number of hydrogen-bond acceptors (Lipinski definition) is 3. The first kappa shape index (κ1) is 14.1. The van der Waals surface area contributed by atoms with Crippen molar-refractivity contribution < 1.29 is 14.6 Å². The van der Waals surface area contributed by atoms with Crippen molar-refractivity contribution in [1.82, 2.24) is 4.57 Å². The number of rotatable bonds is 3. The van der Waals surface area contributed by atoms with Crippen molar-refractivity contribution >= 4 is 27.8 Å². The van der Waals surface area contributed by atoms with E-state index >= 15 is 0 Å². The van der Waals surface area contributed by atoms with Crippen molar-refractivity contribution in [3.63, 3.8) is 0 Å². The van der Waals surface area contributed by atoms with Crippen molar-refractivity contribution in [3.8, 4) is 5.75 Å². The van der Waals surface area contributed by atoms with Crippen LogP contribution in [-0.4, -0.2) is 22.2 Å². The van der Waals surface area contributed by atoms with Crippen LogP contribution in [0.4, 0.5) is 0 Å². The molecule has 0 amide bonds. The molecule has 1 fully saturated rings. The highest BCUT2D eigenvalue weighted by Crippen LogP contribution is 2.47. The summed E-state index contributed by atoms with van der Waals surface area (Å²) in [5.74, 6) is -0.0240. The molecule has 1 N–H and O–H groups in total. The summed E-state index contributed by atoms with van der Waals surface area (Å²) in [6, 6.07) is 9.98. The van der Waals surface area contributed by atoms with Crippen LogP contribution >= 0.6 is 0 Å². The van der Waals surface area contributed by atoms with Crippen molar-refractivity contribution in [2.45, 2.75) is 25.7 Å². The Kier molecular flexibility index (Phi) is 3.08. The van der Waals surface area contributed by atoms with Crippen LogP contribution in [0.15, 0.2) is 30.3 Å². The fraction of sp³-hybridized carbons (Fsp3) is 0.316. The first-order valence-electron chi connectivity index (χ1n) is 8.03. The maximum atomic E-state index is 12.4. The molecule has 4 heteroatoms. The van der Waals surface area contributed by atoms with E-state index in [1.807, 2.05) is 31.3 Å². The Morgan fingerprint density at radius 3 is 2.74 bits per heavy atom. The normalized spacial score (nSPS) is 14.5. The molecule has 2 aromatic carbocycles. The first-order valence-corrected chi connectivity index (χ1v) is 8.03. The van der Waals surface area contributed by atoms with Gasteiger partial charge in [0.2, 0.25) is 0 Å². The molecule has 3 aromatic rings. The van der Waals surface area contributed by atoms with Gasteiger partial charge in [0.15, 0.2) is 0 Å². The first-order chi connectivity index (χ1) is 11.1. The van der Waals surface area contributed by atoms with E-state index in [9.17, 15) is 9.90 Å². The molecule has 1 aliphatic rings. The Bertz CT molecular complexity index is 935. The number of carbonyl (C=O) groups excluding carboxylic acids is 1. The van der Waals surface area contributed by atoms with Crippen molar-refractivity contribution in [2.24, 2.45) is 7.05 Å². The third-order valence-electron chi connectivity index (χ3n) is 4.70. The van der Waals surface area contributed by atoms with Gasteiger partial charge in [-0.25, -0.2) is 4.79 Å². The number of aryl methyl sites for hydroxylation is 1. The van der Waals surface area contributed by atoms with Crippen LogP contribution in [0.25, 0.3) is 21.8 Å². The Morgan fingerprint density at radius 2 is 2.04 bits per heavy atom. The van der Waals surface area contributed by atoms with Gasteiger partial charge in [-0.1, -0.05) is 18.2 Å². The highest BCUT2D eigenvalue weighted by molar-refractivity contribution is 6.15. The highest BCUT2D eigenvalue weighted by atomic mass is 16.5. The van der Waals surface area contributed by atoms with Crippen LogP contribution in [0.5, 0.6) is 5.75 Å². The number of aromatic nitrogens is 1. The molecule has 0 atom stereocenters. The number of esters is 1. The number of nitrogens with zero attached hydrogens (tertiary/aromatic N) is 1. The van der Waals surface area contributed by atoms with Crippen molar-refractivity contribution in [3.05, 3.63) is 41.5 Å². The second kappa shape index (κ2) is 5.01. The number of para-hydroxylation sites is 1. The highest BCUT2D eigenvalue weighted by Gasteiger charge is 2.32. The summed E-state index contributed by atoms with van der Waals surface area (Å²) in [4.78, 5) is 12.4. The van der Waals surface area contributed by atoms with Crippen LogP contribution < -0.4 is 0 Å². The van der Waals surface area contributed by atoms with Gasteiger partial charge in [0.05, 0.1) is 17.5 Å². The number of phenols is 1. The molecule has 0 radical (unpaired) electrons. The fourth-order valence-electron chi connectivity index (χ4n) is 3.45. The number of carbonyl (C=O) groups is 1. The predicted octanol–water partition coefficient (Wildman–Crippen LogP) is 4.09. The molecule has 0 spiro atoms. The van der Waals surface area contributed by atoms with E-state index in [1.54, 1.807) is 6.92 Å². The van der Waals surface area contributed by atoms with Gasteiger partial charge in [-0.3, -0.25) is 0 Å². The maximum Gasteiger partial charge on any atom is 0.342 e. The average molecular weight is 309 g/mol. The van der Waals surface area contributed by atoms with Gasteiger partial charge >= 0.3 is 5.97 Å². The van der Waals surface area contributed by atoms with Gasteiger partial charge in [-0.05, 0) is 43.4 Å². The number of ether oxygens (including phenoxy) is 1. The molecule has 0 bridgehead atoms. The molecule has 0 aliphatic heterocycles. The second-order valence-electron chi connectivity index (χ2n) is 6.15. The van der Waals surface area contributed by atoms with E-state index in [0.29, 0.717) is 18.1 Å². The summed E-state index contributed by atoms with van der Waals surface area (Å²) in [7, 11) is 1.99. The number of benzene rings is 2. The van der Waals surface area contributed by atoms with E-state index in [4.69, 9.17) is 4.74 Å². The number of hydrogen-bond donors (Lipinski definition) is 1. The minimum atomic E-state index is -0.429. The standard InChI is InChI=1S/C19H19NO3/c1-3-23-19(22)17-13(11-8-9-11)10-15-16(18(17)21)12-6-4-5-7-14(12)20(15)2/h4-7,10-11,21H,3,8-9H2,1-2H3. The number of aromatic hydroxyl groups is 1. The van der Waals surface area contributed by atoms with Crippen molar-refractivity contribution in [1.29, 1.82) is 0 Å². The summed E-state index contributed by atoms with van der Waals surface area (Å²) in [6.07, 6.45) is 2.11. The lowest BCUT2D eigenvalue weighted by Crippen LogP contribution is -2.08. The van der Waals surface area contributed by atoms with Gasteiger partial charge < -0.3 is 14.4 Å². The Balaban J connectivity index is 2.11. The maximum absolute atomic E-state index is 12.4. The molecule has 23 heavy (non-hydrogen) atoms. The van der Waals surface area contributed by atoms with Gasteiger partial charge in [0.25, 0.3) is 0 Å². The topological polar surface area (TPSA) is 51.5 Å². The zero-order valence-electron chi connectivity index (χ0n) is 13.3. The molecular weight excluding hydrogens is 290 g/mol. The summed E-state index contributed by atoms with van der Waals surface area (Å²) in [5, 5.41) is 12.6. The largest absolute Gasteiger partial charge is 0.506 e. The summed E-state index contributed by atoms with van der Waals surface area (Å²) >= 11 is 0. The van der Waals surface area contributed by atoms with Gasteiger partial charge in [-0.2, -0.15) is 0 Å². The molecule has 4 rings (SSSR count).